The Morgan fingerprint density at radius 1 is 1.14 bits per heavy atom. The molecule has 1 aromatic carbocycles. The molecule has 1 heterocycles. The third kappa shape index (κ3) is 4.91. The second-order valence-electron chi connectivity index (χ2n) is 5.57. The zero-order valence-corrected chi connectivity index (χ0v) is 13.4. The van der Waals surface area contributed by atoms with Gasteiger partial charge in [-0.05, 0) is 49.4 Å². The Morgan fingerprint density at radius 2 is 1.77 bits per heavy atom. The molecule has 2 rings (SSSR count). The largest absolute Gasteiger partial charge is 0.497 e. The number of amides is 1. The third-order valence-corrected chi connectivity index (χ3v) is 4.12. The van der Waals surface area contributed by atoms with Crippen molar-refractivity contribution in [2.75, 3.05) is 40.5 Å². The first-order chi connectivity index (χ1) is 10.7. The lowest BCUT2D eigenvalue weighted by Crippen LogP contribution is -2.41. The summed E-state index contributed by atoms with van der Waals surface area (Å²) < 4.78 is 15.7. The Kier molecular flexibility index (Phi) is 6.52. The molecule has 0 aliphatic carbocycles. The zero-order chi connectivity index (χ0) is 15.8. The number of carbonyl (C=O) groups is 1. The van der Waals surface area contributed by atoms with Gasteiger partial charge in [-0.2, -0.15) is 0 Å². The Hall–Kier alpha value is -1.75. The van der Waals surface area contributed by atoms with Crippen LogP contribution in [0.15, 0.2) is 24.3 Å². The van der Waals surface area contributed by atoms with Crippen LogP contribution in [0.1, 0.15) is 19.3 Å². The number of piperidine rings is 1. The highest BCUT2D eigenvalue weighted by atomic mass is 16.5. The fourth-order valence-corrected chi connectivity index (χ4v) is 2.66. The van der Waals surface area contributed by atoms with Crippen LogP contribution in [0.2, 0.25) is 0 Å². The molecule has 1 aliphatic rings. The highest BCUT2D eigenvalue weighted by molar-refractivity contribution is 5.77. The average molecular weight is 307 g/mol. The summed E-state index contributed by atoms with van der Waals surface area (Å²) in [7, 11) is 3.35. The van der Waals surface area contributed by atoms with Gasteiger partial charge in [-0.25, -0.2) is 0 Å². The molecule has 1 aromatic rings. The van der Waals surface area contributed by atoms with Crippen LogP contribution in [-0.2, 0) is 9.53 Å². The molecule has 22 heavy (non-hydrogen) atoms. The number of hydrogen-bond donors (Lipinski definition) is 0. The van der Waals surface area contributed by atoms with Crippen molar-refractivity contribution in [3.8, 4) is 11.5 Å². The topological polar surface area (TPSA) is 48.0 Å². The van der Waals surface area contributed by atoms with Crippen molar-refractivity contribution >= 4 is 5.91 Å². The maximum atomic E-state index is 12.2. The van der Waals surface area contributed by atoms with Crippen molar-refractivity contribution in [1.29, 1.82) is 0 Å². The number of ether oxygens (including phenoxy) is 3. The molecule has 0 saturated carbocycles. The van der Waals surface area contributed by atoms with E-state index < -0.39 is 0 Å². The van der Waals surface area contributed by atoms with E-state index in [4.69, 9.17) is 14.2 Å². The predicted octanol–water partition coefficient (Wildman–Crippen LogP) is 2.35. The second-order valence-corrected chi connectivity index (χ2v) is 5.57. The van der Waals surface area contributed by atoms with Crippen molar-refractivity contribution < 1.29 is 19.0 Å². The van der Waals surface area contributed by atoms with Gasteiger partial charge in [0.1, 0.15) is 11.5 Å². The Labute approximate surface area is 132 Å². The first-order valence-electron chi connectivity index (χ1n) is 7.76. The molecular formula is C17H25NO4. The first kappa shape index (κ1) is 16.6. The molecule has 1 fully saturated rings. The summed E-state index contributed by atoms with van der Waals surface area (Å²) in [6.45, 7) is 2.53. The van der Waals surface area contributed by atoms with Crippen LogP contribution in [0.5, 0.6) is 11.5 Å². The fraction of sp³-hybridized carbons (Fsp3) is 0.588. The maximum absolute atomic E-state index is 12.2. The highest BCUT2D eigenvalue weighted by Crippen LogP contribution is 2.21. The maximum Gasteiger partial charge on any atom is 0.260 e. The normalized spacial score (nSPS) is 15.6. The summed E-state index contributed by atoms with van der Waals surface area (Å²) in [5.74, 6) is 2.19. The van der Waals surface area contributed by atoms with Gasteiger partial charge in [-0.15, -0.1) is 0 Å². The number of benzene rings is 1. The van der Waals surface area contributed by atoms with Crippen LogP contribution in [0, 0.1) is 5.92 Å². The van der Waals surface area contributed by atoms with E-state index in [-0.39, 0.29) is 12.5 Å². The SMILES string of the molecule is COCCC1CCN(C(=O)COc2ccc(OC)cc2)CC1. The molecule has 1 amide bonds. The summed E-state index contributed by atoms with van der Waals surface area (Å²) in [5.41, 5.74) is 0. The van der Waals surface area contributed by atoms with E-state index in [2.05, 4.69) is 0 Å². The van der Waals surface area contributed by atoms with E-state index in [1.165, 1.54) is 0 Å². The minimum Gasteiger partial charge on any atom is -0.497 e. The number of likely N-dealkylation sites (tertiary alicyclic amines) is 1. The second kappa shape index (κ2) is 8.63. The van der Waals surface area contributed by atoms with Gasteiger partial charge < -0.3 is 19.1 Å². The number of nitrogens with zero attached hydrogens (tertiary/aromatic N) is 1. The molecule has 0 aromatic heterocycles. The summed E-state index contributed by atoms with van der Waals surface area (Å²) in [4.78, 5) is 14.1. The van der Waals surface area contributed by atoms with Crippen LogP contribution < -0.4 is 9.47 Å². The zero-order valence-electron chi connectivity index (χ0n) is 13.4. The van der Waals surface area contributed by atoms with Crippen LogP contribution in [-0.4, -0.2) is 51.3 Å². The fourth-order valence-electron chi connectivity index (χ4n) is 2.66. The lowest BCUT2D eigenvalue weighted by Gasteiger charge is -2.31. The van der Waals surface area contributed by atoms with Gasteiger partial charge in [0.15, 0.2) is 6.61 Å². The molecule has 0 radical (unpaired) electrons. The lowest BCUT2D eigenvalue weighted by atomic mass is 9.94. The van der Waals surface area contributed by atoms with Crippen LogP contribution in [0.4, 0.5) is 0 Å². The monoisotopic (exact) mass is 307 g/mol. The lowest BCUT2D eigenvalue weighted by molar-refractivity contribution is -0.134. The van der Waals surface area contributed by atoms with Crippen LogP contribution in [0.25, 0.3) is 0 Å². The molecule has 1 saturated heterocycles. The van der Waals surface area contributed by atoms with Gasteiger partial charge in [-0.3, -0.25) is 4.79 Å². The van der Waals surface area contributed by atoms with Crippen molar-refractivity contribution in [3.63, 3.8) is 0 Å². The number of rotatable bonds is 7. The van der Waals surface area contributed by atoms with E-state index in [1.54, 1.807) is 14.2 Å². The summed E-state index contributed by atoms with van der Waals surface area (Å²) in [6, 6.07) is 7.26. The average Bonchev–Trinajstić information content (AvgIpc) is 2.58. The Morgan fingerprint density at radius 3 is 2.36 bits per heavy atom. The van der Waals surface area contributed by atoms with Gasteiger partial charge in [0.05, 0.1) is 7.11 Å². The molecular weight excluding hydrogens is 282 g/mol. The Bertz CT molecular complexity index is 452. The molecule has 0 spiro atoms. The molecule has 5 heteroatoms. The smallest absolute Gasteiger partial charge is 0.260 e. The van der Waals surface area contributed by atoms with Gasteiger partial charge in [0.25, 0.3) is 5.91 Å². The molecule has 1 aliphatic heterocycles. The highest BCUT2D eigenvalue weighted by Gasteiger charge is 2.22. The quantitative estimate of drug-likeness (QED) is 0.776. The van der Waals surface area contributed by atoms with E-state index >= 15 is 0 Å². The predicted molar refractivity (Wildman–Crippen MR) is 84.3 cm³/mol. The van der Waals surface area contributed by atoms with E-state index in [0.29, 0.717) is 11.7 Å². The molecule has 5 nitrogen and oxygen atoms in total. The van der Waals surface area contributed by atoms with Gasteiger partial charge in [0.2, 0.25) is 0 Å². The summed E-state index contributed by atoms with van der Waals surface area (Å²) >= 11 is 0. The minimum atomic E-state index is 0.0565. The molecule has 0 bridgehead atoms. The third-order valence-electron chi connectivity index (χ3n) is 4.12. The molecule has 122 valence electrons. The van der Waals surface area contributed by atoms with E-state index in [1.807, 2.05) is 29.2 Å². The van der Waals surface area contributed by atoms with Crippen LogP contribution in [0.3, 0.4) is 0 Å². The van der Waals surface area contributed by atoms with Crippen molar-refractivity contribution in [2.45, 2.75) is 19.3 Å². The number of methoxy groups -OCH3 is 2. The van der Waals surface area contributed by atoms with E-state index in [0.717, 1.165) is 44.7 Å². The van der Waals surface area contributed by atoms with Gasteiger partial charge >= 0.3 is 0 Å². The Balaban J connectivity index is 1.71. The van der Waals surface area contributed by atoms with Crippen LogP contribution >= 0.6 is 0 Å². The first-order valence-corrected chi connectivity index (χ1v) is 7.76. The standard InChI is InChI=1S/C17H25NO4/c1-20-12-9-14-7-10-18(11-8-14)17(19)13-22-16-5-3-15(21-2)4-6-16/h3-6,14H,7-13H2,1-2H3. The van der Waals surface area contributed by atoms with Crippen molar-refractivity contribution in [2.24, 2.45) is 5.92 Å². The summed E-state index contributed by atoms with van der Waals surface area (Å²) in [6.07, 6.45) is 3.19. The minimum absolute atomic E-state index is 0.0565. The molecule has 0 atom stereocenters. The molecule has 0 N–H and O–H groups in total. The number of hydrogen-bond acceptors (Lipinski definition) is 4. The van der Waals surface area contributed by atoms with Crippen molar-refractivity contribution in [3.05, 3.63) is 24.3 Å². The van der Waals surface area contributed by atoms with E-state index in [9.17, 15) is 4.79 Å². The van der Waals surface area contributed by atoms with Gasteiger partial charge in [-0.1, -0.05) is 0 Å². The molecule has 0 unspecified atom stereocenters. The summed E-state index contributed by atoms with van der Waals surface area (Å²) in [5, 5.41) is 0. The number of carbonyl (C=O) groups excluding carboxylic acids is 1. The van der Waals surface area contributed by atoms with Gasteiger partial charge in [0, 0.05) is 26.8 Å². The van der Waals surface area contributed by atoms with Crippen molar-refractivity contribution in [1.82, 2.24) is 4.90 Å².